The third-order valence-electron chi connectivity index (χ3n) is 4.30. The Kier molecular flexibility index (Phi) is 5.18. The van der Waals surface area contributed by atoms with Crippen LogP contribution in [0.25, 0.3) is 0 Å². The van der Waals surface area contributed by atoms with Crippen LogP contribution >= 0.6 is 0 Å². The fourth-order valence-electron chi connectivity index (χ4n) is 3.30. The lowest BCUT2D eigenvalue weighted by atomic mass is 9.92. The van der Waals surface area contributed by atoms with Gasteiger partial charge in [-0.3, -0.25) is 9.59 Å². The minimum absolute atomic E-state index is 0.0314. The van der Waals surface area contributed by atoms with Crippen molar-refractivity contribution >= 4 is 11.8 Å². The van der Waals surface area contributed by atoms with Crippen molar-refractivity contribution in [3.8, 4) is 0 Å². The third kappa shape index (κ3) is 3.47. The van der Waals surface area contributed by atoms with Gasteiger partial charge in [-0.1, -0.05) is 0 Å². The molecular formula is C15H24N4O3. The Morgan fingerprint density at radius 1 is 1.50 bits per heavy atom. The quantitative estimate of drug-likeness (QED) is 0.792. The largest absolute Gasteiger partial charge is 0.382 e. The number of ether oxygens (including phenoxy) is 1. The van der Waals surface area contributed by atoms with Crippen LogP contribution in [0.1, 0.15) is 31.5 Å². The molecule has 2 heterocycles. The van der Waals surface area contributed by atoms with Crippen LogP contribution in [0, 0.1) is 6.92 Å². The number of likely N-dealkylation sites (tertiary alicyclic amines) is 1. The second-order valence-corrected chi connectivity index (χ2v) is 5.87. The lowest BCUT2D eigenvalue weighted by Crippen LogP contribution is -2.52. The number of rotatable bonds is 7. The van der Waals surface area contributed by atoms with Crippen molar-refractivity contribution in [2.24, 2.45) is 5.73 Å². The van der Waals surface area contributed by atoms with Gasteiger partial charge in [-0.2, -0.15) is 0 Å². The van der Waals surface area contributed by atoms with E-state index in [-0.39, 0.29) is 12.3 Å². The summed E-state index contributed by atoms with van der Waals surface area (Å²) in [7, 11) is 1.58. The van der Waals surface area contributed by atoms with Gasteiger partial charge >= 0.3 is 0 Å². The first-order chi connectivity index (χ1) is 10.5. The number of methoxy groups -OCH3 is 1. The fourth-order valence-corrected chi connectivity index (χ4v) is 3.30. The van der Waals surface area contributed by atoms with Crippen LogP contribution in [0.3, 0.4) is 0 Å². The molecule has 1 saturated heterocycles. The van der Waals surface area contributed by atoms with Gasteiger partial charge < -0.3 is 19.9 Å². The molecule has 1 aromatic rings. The molecule has 2 N–H and O–H groups in total. The van der Waals surface area contributed by atoms with Crippen molar-refractivity contribution in [2.75, 3.05) is 20.3 Å². The standard InChI is InChI=1S/C15H24N4O3/c1-12-17-6-9-18(12)8-4-14(21)19-7-3-5-15(19,11-22-2)10-13(16)20/h6,9H,3-5,7-8,10-11H2,1-2H3,(H2,16,20)/t15-/m1/s1. The highest BCUT2D eigenvalue weighted by Gasteiger charge is 2.44. The summed E-state index contributed by atoms with van der Waals surface area (Å²) in [5.74, 6) is 0.514. The molecule has 1 aliphatic heterocycles. The van der Waals surface area contributed by atoms with Crippen LogP contribution in [0.5, 0.6) is 0 Å². The summed E-state index contributed by atoms with van der Waals surface area (Å²) in [4.78, 5) is 29.9. The van der Waals surface area contributed by atoms with Gasteiger partial charge in [0.15, 0.2) is 0 Å². The molecule has 122 valence electrons. The van der Waals surface area contributed by atoms with Gasteiger partial charge in [-0.25, -0.2) is 4.98 Å². The first-order valence-electron chi connectivity index (χ1n) is 7.54. The molecule has 0 aromatic carbocycles. The lowest BCUT2D eigenvalue weighted by Gasteiger charge is -2.37. The van der Waals surface area contributed by atoms with Crippen molar-refractivity contribution in [1.29, 1.82) is 0 Å². The number of nitrogens with two attached hydrogens (primary N) is 1. The smallest absolute Gasteiger partial charge is 0.224 e. The Bertz CT molecular complexity index is 543. The molecule has 2 rings (SSSR count). The fraction of sp³-hybridized carbons (Fsp3) is 0.667. The van der Waals surface area contributed by atoms with Crippen molar-refractivity contribution in [3.05, 3.63) is 18.2 Å². The number of carbonyl (C=O) groups excluding carboxylic acids is 2. The molecule has 0 unspecified atom stereocenters. The highest BCUT2D eigenvalue weighted by molar-refractivity contribution is 5.80. The molecule has 1 atom stereocenters. The third-order valence-corrected chi connectivity index (χ3v) is 4.30. The minimum Gasteiger partial charge on any atom is -0.382 e. The first kappa shape index (κ1) is 16.5. The number of primary amides is 1. The molecule has 22 heavy (non-hydrogen) atoms. The molecular weight excluding hydrogens is 284 g/mol. The lowest BCUT2D eigenvalue weighted by molar-refractivity contribution is -0.139. The second-order valence-electron chi connectivity index (χ2n) is 5.87. The molecule has 0 radical (unpaired) electrons. The molecule has 0 aliphatic carbocycles. The maximum absolute atomic E-state index is 12.6. The Hall–Kier alpha value is -1.89. The predicted octanol–water partition coefficient (Wildman–Crippen LogP) is 0.465. The van der Waals surface area contributed by atoms with E-state index < -0.39 is 11.4 Å². The van der Waals surface area contributed by atoms with Crippen LogP contribution in [0.2, 0.25) is 0 Å². The minimum atomic E-state index is -0.582. The molecule has 1 aromatic heterocycles. The molecule has 1 aliphatic rings. The summed E-state index contributed by atoms with van der Waals surface area (Å²) in [6.07, 6.45) is 5.72. The van der Waals surface area contributed by atoms with Crippen LogP contribution < -0.4 is 5.73 Å². The van der Waals surface area contributed by atoms with Gasteiger partial charge in [0, 0.05) is 39.0 Å². The zero-order valence-corrected chi connectivity index (χ0v) is 13.2. The van der Waals surface area contributed by atoms with Gasteiger partial charge in [0.05, 0.1) is 18.6 Å². The number of aromatic nitrogens is 2. The topological polar surface area (TPSA) is 90.5 Å². The Balaban J connectivity index is 2.05. The summed E-state index contributed by atoms with van der Waals surface area (Å²) in [5.41, 5.74) is 4.79. The molecule has 0 spiro atoms. The zero-order valence-electron chi connectivity index (χ0n) is 13.2. The number of hydrogen-bond donors (Lipinski definition) is 1. The maximum Gasteiger partial charge on any atom is 0.224 e. The molecule has 7 heteroatoms. The van der Waals surface area contributed by atoms with Gasteiger partial charge in [0.1, 0.15) is 5.82 Å². The number of amides is 2. The van der Waals surface area contributed by atoms with E-state index in [4.69, 9.17) is 10.5 Å². The number of hydrogen-bond acceptors (Lipinski definition) is 4. The average molecular weight is 308 g/mol. The summed E-state index contributed by atoms with van der Waals surface area (Å²) in [6.45, 7) is 3.48. The summed E-state index contributed by atoms with van der Waals surface area (Å²) >= 11 is 0. The monoisotopic (exact) mass is 308 g/mol. The average Bonchev–Trinajstić information content (AvgIpc) is 3.03. The Morgan fingerprint density at radius 3 is 2.86 bits per heavy atom. The molecule has 2 amide bonds. The van der Waals surface area contributed by atoms with E-state index in [1.54, 1.807) is 18.2 Å². The summed E-state index contributed by atoms with van der Waals surface area (Å²) in [5, 5.41) is 0. The first-order valence-corrected chi connectivity index (χ1v) is 7.54. The number of imidazole rings is 1. The van der Waals surface area contributed by atoms with Gasteiger partial charge in [0.25, 0.3) is 0 Å². The highest BCUT2D eigenvalue weighted by atomic mass is 16.5. The van der Waals surface area contributed by atoms with E-state index in [1.807, 2.05) is 17.7 Å². The molecule has 0 bridgehead atoms. The van der Waals surface area contributed by atoms with Crippen molar-refractivity contribution < 1.29 is 14.3 Å². The van der Waals surface area contributed by atoms with E-state index in [9.17, 15) is 9.59 Å². The summed E-state index contributed by atoms with van der Waals surface area (Å²) < 4.78 is 7.21. The van der Waals surface area contributed by atoms with E-state index in [0.717, 1.165) is 18.7 Å². The van der Waals surface area contributed by atoms with Crippen molar-refractivity contribution in [1.82, 2.24) is 14.5 Å². The van der Waals surface area contributed by atoms with E-state index in [0.29, 0.717) is 26.1 Å². The normalized spacial score (nSPS) is 21.3. The zero-order chi connectivity index (χ0) is 16.2. The van der Waals surface area contributed by atoms with Crippen LogP contribution in [-0.4, -0.2) is 52.1 Å². The number of carbonyl (C=O) groups is 2. The summed E-state index contributed by atoms with van der Waals surface area (Å²) in [6, 6.07) is 0. The predicted molar refractivity (Wildman–Crippen MR) is 80.9 cm³/mol. The van der Waals surface area contributed by atoms with E-state index in [2.05, 4.69) is 4.98 Å². The molecule has 7 nitrogen and oxygen atoms in total. The maximum atomic E-state index is 12.6. The van der Waals surface area contributed by atoms with Crippen LogP contribution in [0.4, 0.5) is 0 Å². The van der Waals surface area contributed by atoms with Crippen LogP contribution in [-0.2, 0) is 20.9 Å². The Morgan fingerprint density at radius 2 is 2.27 bits per heavy atom. The molecule has 0 saturated carbocycles. The van der Waals surface area contributed by atoms with Crippen molar-refractivity contribution in [2.45, 2.75) is 44.7 Å². The van der Waals surface area contributed by atoms with Crippen LogP contribution in [0.15, 0.2) is 12.4 Å². The van der Waals surface area contributed by atoms with E-state index >= 15 is 0 Å². The van der Waals surface area contributed by atoms with Gasteiger partial charge in [-0.15, -0.1) is 0 Å². The SMILES string of the molecule is COC[C@]1(CC(N)=O)CCCN1C(=O)CCn1ccnc1C. The Labute approximate surface area is 130 Å². The highest BCUT2D eigenvalue weighted by Crippen LogP contribution is 2.33. The second kappa shape index (κ2) is 6.91. The van der Waals surface area contributed by atoms with E-state index in [1.165, 1.54) is 0 Å². The van der Waals surface area contributed by atoms with Gasteiger partial charge in [-0.05, 0) is 19.8 Å². The number of nitrogens with zero attached hydrogens (tertiary/aromatic N) is 3. The van der Waals surface area contributed by atoms with Gasteiger partial charge in [0.2, 0.25) is 11.8 Å². The number of aryl methyl sites for hydroxylation is 2. The van der Waals surface area contributed by atoms with Crippen molar-refractivity contribution in [3.63, 3.8) is 0 Å². The molecule has 1 fully saturated rings.